The summed E-state index contributed by atoms with van der Waals surface area (Å²) in [5, 5.41) is 0. The standard InChI is InChI=1S/C20H23BrN2O2/c1-16-2-8-19(9-3-16)25-15-20(24)23-12-10-22(11-13-23)14-17-4-6-18(21)7-5-17/h2-9H,10-15H2,1H3. The first-order valence-corrected chi connectivity index (χ1v) is 9.33. The molecule has 1 heterocycles. The second-order valence-corrected chi connectivity index (χ2v) is 7.30. The van der Waals surface area contributed by atoms with Crippen LogP contribution in [0.15, 0.2) is 53.0 Å². The predicted octanol–water partition coefficient (Wildman–Crippen LogP) is 3.48. The summed E-state index contributed by atoms with van der Waals surface area (Å²) < 4.78 is 6.70. The molecule has 5 heteroatoms. The summed E-state index contributed by atoms with van der Waals surface area (Å²) in [6, 6.07) is 16.2. The Balaban J connectivity index is 1.42. The minimum atomic E-state index is 0.0591. The summed E-state index contributed by atoms with van der Waals surface area (Å²) in [4.78, 5) is 16.6. The molecule has 0 bridgehead atoms. The van der Waals surface area contributed by atoms with E-state index in [9.17, 15) is 4.79 Å². The minimum Gasteiger partial charge on any atom is -0.484 e. The molecular weight excluding hydrogens is 380 g/mol. The molecule has 0 atom stereocenters. The van der Waals surface area contributed by atoms with Crippen molar-refractivity contribution in [1.29, 1.82) is 0 Å². The fraction of sp³-hybridized carbons (Fsp3) is 0.350. The molecule has 0 spiro atoms. The highest BCUT2D eigenvalue weighted by atomic mass is 79.9. The molecule has 0 radical (unpaired) electrons. The average molecular weight is 403 g/mol. The van der Waals surface area contributed by atoms with Crippen LogP contribution in [0, 0.1) is 6.92 Å². The Morgan fingerprint density at radius 2 is 1.64 bits per heavy atom. The average Bonchev–Trinajstić information content (AvgIpc) is 2.63. The van der Waals surface area contributed by atoms with Gasteiger partial charge in [0.15, 0.2) is 6.61 Å². The fourth-order valence-corrected chi connectivity index (χ4v) is 3.14. The SMILES string of the molecule is Cc1ccc(OCC(=O)N2CCN(Cc3ccc(Br)cc3)CC2)cc1. The molecule has 1 fully saturated rings. The summed E-state index contributed by atoms with van der Waals surface area (Å²) in [6.45, 7) is 6.37. The van der Waals surface area contributed by atoms with Gasteiger partial charge in [-0.15, -0.1) is 0 Å². The Hall–Kier alpha value is -1.85. The van der Waals surface area contributed by atoms with Gasteiger partial charge in [-0.3, -0.25) is 9.69 Å². The van der Waals surface area contributed by atoms with Crippen molar-refractivity contribution in [2.24, 2.45) is 0 Å². The van der Waals surface area contributed by atoms with E-state index in [-0.39, 0.29) is 12.5 Å². The van der Waals surface area contributed by atoms with E-state index in [2.05, 4.69) is 45.1 Å². The van der Waals surface area contributed by atoms with Crippen LogP contribution >= 0.6 is 15.9 Å². The van der Waals surface area contributed by atoms with Crippen LogP contribution in [-0.2, 0) is 11.3 Å². The van der Waals surface area contributed by atoms with Crippen LogP contribution in [0.5, 0.6) is 5.75 Å². The van der Waals surface area contributed by atoms with E-state index in [0.717, 1.165) is 42.9 Å². The van der Waals surface area contributed by atoms with E-state index in [4.69, 9.17) is 4.74 Å². The normalized spacial score (nSPS) is 15.2. The smallest absolute Gasteiger partial charge is 0.260 e. The van der Waals surface area contributed by atoms with E-state index in [1.54, 1.807) is 0 Å². The van der Waals surface area contributed by atoms with E-state index >= 15 is 0 Å². The van der Waals surface area contributed by atoms with Gasteiger partial charge in [-0.2, -0.15) is 0 Å². The highest BCUT2D eigenvalue weighted by molar-refractivity contribution is 9.10. The lowest BCUT2D eigenvalue weighted by molar-refractivity contribution is -0.135. The molecule has 0 saturated carbocycles. The number of ether oxygens (including phenoxy) is 1. The maximum Gasteiger partial charge on any atom is 0.260 e. The van der Waals surface area contributed by atoms with Crippen LogP contribution < -0.4 is 4.74 Å². The van der Waals surface area contributed by atoms with Gasteiger partial charge < -0.3 is 9.64 Å². The first kappa shape index (κ1) is 18.0. The van der Waals surface area contributed by atoms with Gasteiger partial charge >= 0.3 is 0 Å². The lowest BCUT2D eigenvalue weighted by Gasteiger charge is -2.34. The summed E-state index contributed by atoms with van der Waals surface area (Å²) in [5.41, 5.74) is 2.48. The van der Waals surface area contributed by atoms with Gasteiger partial charge in [-0.25, -0.2) is 0 Å². The lowest BCUT2D eigenvalue weighted by Crippen LogP contribution is -2.49. The maximum atomic E-state index is 12.3. The summed E-state index contributed by atoms with van der Waals surface area (Å²) in [5.74, 6) is 0.802. The number of carbonyl (C=O) groups excluding carboxylic acids is 1. The Morgan fingerprint density at radius 3 is 2.28 bits per heavy atom. The molecule has 0 aromatic heterocycles. The Morgan fingerprint density at radius 1 is 1.00 bits per heavy atom. The Bertz CT molecular complexity index is 693. The third-order valence-electron chi connectivity index (χ3n) is 4.43. The molecule has 3 rings (SSSR count). The molecule has 4 nitrogen and oxygen atoms in total. The molecule has 1 aliphatic heterocycles. The molecular formula is C20H23BrN2O2. The van der Waals surface area contributed by atoms with Crippen molar-refractivity contribution in [1.82, 2.24) is 9.80 Å². The number of benzene rings is 2. The van der Waals surface area contributed by atoms with E-state index in [0.29, 0.717) is 0 Å². The number of aryl methyl sites for hydroxylation is 1. The zero-order chi connectivity index (χ0) is 17.6. The van der Waals surface area contributed by atoms with Crippen LogP contribution in [0.2, 0.25) is 0 Å². The van der Waals surface area contributed by atoms with Crippen LogP contribution in [0.4, 0.5) is 0 Å². The van der Waals surface area contributed by atoms with E-state index in [1.165, 1.54) is 11.1 Å². The first-order chi connectivity index (χ1) is 12.1. The predicted molar refractivity (Wildman–Crippen MR) is 103 cm³/mol. The fourth-order valence-electron chi connectivity index (χ4n) is 2.87. The number of piperazine rings is 1. The van der Waals surface area contributed by atoms with Gasteiger partial charge in [0, 0.05) is 37.2 Å². The topological polar surface area (TPSA) is 32.8 Å². The van der Waals surface area contributed by atoms with Crippen molar-refractivity contribution in [2.75, 3.05) is 32.8 Å². The van der Waals surface area contributed by atoms with Crippen molar-refractivity contribution < 1.29 is 9.53 Å². The number of amides is 1. The Labute approximate surface area is 157 Å². The van der Waals surface area contributed by atoms with Crippen molar-refractivity contribution in [3.63, 3.8) is 0 Å². The third kappa shape index (κ3) is 5.31. The van der Waals surface area contributed by atoms with E-state index in [1.807, 2.05) is 36.1 Å². The van der Waals surface area contributed by atoms with E-state index < -0.39 is 0 Å². The molecule has 1 aliphatic rings. The molecule has 25 heavy (non-hydrogen) atoms. The molecule has 2 aromatic carbocycles. The molecule has 0 aliphatic carbocycles. The quantitative estimate of drug-likeness (QED) is 0.767. The number of carbonyl (C=O) groups is 1. The lowest BCUT2D eigenvalue weighted by atomic mass is 10.2. The molecule has 1 saturated heterocycles. The second kappa shape index (κ2) is 8.50. The number of halogens is 1. The molecule has 1 amide bonds. The summed E-state index contributed by atoms with van der Waals surface area (Å²) in [7, 11) is 0. The zero-order valence-electron chi connectivity index (χ0n) is 14.5. The van der Waals surface area contributed by atoms with Gasteiger partial charge in [0.25, 0.3) is 5.91 Å². The number of nitrogens with zero attached hydrogens (tertiary/aromatic N) is 2. The number of hydrogen-bond acceptors (Lipinski definition) is 3. The van der Waals surface area contributed by atoms with Crippen LogP contribution in [-0.4, -0.2) is 48.5 Å². The van der Waals surface area contributed by atoms with Crippen molar-refractivity contribution in [2.45, 2.75) is 13.5 Å². The molecule has 0 unspecified atom stereocenters. The van der Waals surface area contributed by atoms with Crippen molar-refractivity contribution in [3.05, 3.63) is 64.1 Å². The zero-order valence-corrected chi connectivity index (χ0v) is 16.0. The second-order valence-electron chi connectivity index (χ2n) is 6.39. The highest BCUT2D eigenvalue weighted by Gasteiger charge is 2.21. The highest BCUT2D eigenvalue weighted by Crippen LogP contribution is 2.14. The van der Waals surface area contributed by atoms with Crippen LogP contribution in [0.3, 0.4) is 0 Å². The van der Waals surface area contributed by atoms with Gasteiger partial charge in [-0.05, 0) is 36.8 Å². The van der Waals surface area contributed by atoms with Gasteiger partial charge in [0.05, 0.1) is 0 Å². The summed E-state index contributed by atoms with van der Waals surface area (Å²) >= 11 is 3.46. The van der Waals surface area contributed by atoms with Gasteiger partial charge in [0.2, 0.25) is 0 Å². The summed E-state index contributed by atoms with van der Waals surface area (Å²) in [6.07, 6.45) is 0. The Kier molecular flexibility index (Phi) is 6.10. The van der Waals surface area contributed by atoms with Crippen molar-refractivity contribution >= 4 is 21.8 Å². The van der Waals surface area contributed by atoms with Gasteiger partial charge in [0.1, 0.15) is 5.75 Å². The number of rotatable bonds is 5. The maximum absolute atomic E-state index is 12.3. The molecule has 2 aromatic rings. The van der Waals surface area contributed by atoms with Crippen LogP contribution in [0.25, 0.3) is 0 Å². The first-order valence-electron chi connectivity index (χ1n) is 8.54. The monoisotopic (exact) mass is 402 g/mol. The largest absolute Gasteiger partial charge is 0.484 e. The van der Waals surface area contributed by atoms with Gasteiger partial charge in [-0.1, -0.05) is 45.8 Å². The van der Waals surface area contributed by atoms with Crippen molar-refractivity contribution in [3.8, 4) is 5.75 Å². The third-order valence-corrected chi connectivity index (χ3v) is 4.96. The molecule has 132 valence electrons. The minimum absolute atomic E-state index is 0.0591. The molecule has 0 N–H and O–H groups in total. The van der Waals surface area contributed by atoms with Crippen LogP contribution in [0.1, 0.15) is 11.1 Å². The number of hydrogen-bond donors (Lipinski definition) is 0.